The van der Waals surface area contributed by atoms with Crippen LogP contribution in [0.15, 0.2) is 30.5 Å². The lowest BCUT2D eigenvalue weighted by Gasteiger charge is -2.38. The van der Waals surface area contributed by atoms with Crippen molar-refractivity contribution >= 4 is 29.0 Å². The van der Waals surface area contributed by atoms with Gasteiger partial charge in [0, 0.05) is 38.8 Å². The van der Waals surface area contributed by atoms with Crippen molar-refractivity contribution in [3.63, 3.8) is 0 Å². The highest BCUT2D eigenvalue weighted by atomic mass is 35.5. The molecule has 2 fully saturated rings. The number of methoxy groups -OCH3 is 1. The van der Waals surface area contributed by atoms with Gasteiger partial charge in [0.1, 0.15) is 5.82 Å². The molecule has 2 saturated heterocycles. The first kappa shape index (κ1) is 18.9. The summed E-state index contributed by atoms with van der Waals surface area (Å²) in [6, 6.07) is 7.31. The van der Waals surface area contributed by atoms with Crippen LogP contribution in [0.4, 0.5) is 11.5 Å². The molecule has 0 spiro atoms. The summed E-state index contributed by atoms with van der Waals surface area (Å²) in [5.41, 5.74) is 3.96. The number of aromatic nitrogens is 2. The minimum atomic E-state index is -0.268. The van der Waals surface area contributed by atoms with E-state index in [1.807, 2.05) is 31.4 Å². The van der Waals surface area contributed by atoms with Crippen LogP contribution in [0.5, 0.6) is 5.75 Å². The number of piperidine rings is 1. The first-order chi connectivity index (χ1) is 13.5. The molecule has 28 heavy (non-hydrogen) atoms. The van der Waals surface area contributed by atoms with Gasteiger partial charge in [-0.15, -0.1) is 0 Å². The van der Waals surface area contributed by atoms with E-state index in [-0.39, 0.29) is 30.2 Å². The predicted molar refractivity (Wildman–Crippen MR) is 107 cm³/mol. The molecule has 0 radical (unpaired) electrons. The Balaban J connectivity index is 1.59. The van der Waals surface area contributed by atoms with Crippen LogP contribution in [0.3, 0.4) is 0 Å². The van der Waals surface area contributed by atoms with Crippen molar-refractivity contribution < 1.29 is 9.53 Å². The van der Waals surface area contributed by atoms with E-state index < -0.39 is 0 Å². The molecule has 4 N–H and O–H groups in total. The number of ether oxygens (including phenoxy) is 1. The Hall–Kier alpha value is -2.49. The zero-order valence-corrected chi connectivity index (χ0v) is 16.7. The number of carbonyl (C=O) groups is 1. The summed E-state index contributed by atoms with van der Waals surface area (Å²) in [5.74, 6) is 1.11. The number of para-hydroxylation sites is 1. The third-order valence-corrected chi connectivity index (χ3v) is 5.46. The number of hydrazine groups is 1. The van der Waals surface area contributed by atoms with Crippen LogP contribution in [0.2, 0.25) is 5.02 Å². The van der Waals surface area contributed by atoms with E-state index in [0.29, 0.717) is 17.2 Å². The second-order valence-electron chi connectivity index (χ2n) is 7.08. The highest BCUT2D eigenvalue weighted by Crippen LogP contribution is 2.36. The van der Waals surface area contributed by atoms with Gasteiger partial charge in [-0.3, -0.25) is 19.8 Å². The maximum Gasteiger partial charge on any atom is 0.244 e. The lowest BCUT2D eigenvalue weighted by molar-refractivity contribution is -0.131. The average molecular weight is 406 g/mol. The lowest BCUT2D eigenvalue weighted by atomic mass is 9.88. The fourth-order valence-electron chi connectivity index (χ4n) is 3.90. The topological polar surface area (TPSA) is 95.5 Å². The molecule has 1 aromatic carbocycles. The maximum atomic E-state index is 12.7. The van der Waals surface area contributed by atoms with E-state index in [2.05, 4.69) is 26.5 Å². The molecule has 0 aliphatic carbocycles. The highest BCUT2D eigenvalue weighted by molar-refractivity contribution is 6.32. The lowest BCUT2D eigenvalue weighted by Crippen LogP contribution is -2.60. The molecule has 2 aliphatic heterocycles. The van der Waals surface area contributed by atoms with Crippen LogP contribution in [-0.2, 0) is 11.8 Å². The summed E-state index contributed by atoms with van der Waals surface area (Å²) in [6.45, 7) is 0. The molecule has 0 saturated carbocycles. The van der Waals surface area contributed by atoms with E-state index in [0.717, 1.165) is 11.5 Å². The molecule has 4 rings (SSSR count). The number of nitrogens with zero attached hydrogens (tertiary/aromatic N) is 3. The van der Waals surface area contributed by atoms with Crippen LogP contribution in [0.1, 0.15) is 6.42 Å². The molecule has 2 aromatic rings. The van der Waals surface area contributed by atoms with Crippen LogP contribution in [0, 0.1) is 5.92 Å². The van der Waals surface area contributed by atoms with Gasteiger partial charge in [-0.2, -0.15) is 5.10 Å². The van der Waals surface area contributed by atoms with Crippen LogP contribution in [0.25, 0.3) is 0 Å². The van der Waals surface area contributed by atoms with E-state index in [9.17, 15) is 4.79 Å². The summed E-state index contributed by atoms with van der Waals surface area (Å²) in [5, 5.41) is 16.8. The molecular weight excluding hydrogens is 382 g/mol. The smallest absolute Gasteiger partial charge is 0.244 e. The van der Waals surface area contributed by atoms with Gasteiger partial charge in [0.25, 0.3) is 0 Å². The molecule has 4 unspecified atom stereocenters. The van der Waals surface area contributed by atoms with Gasteiger partial charge in [-0.05, 0) is 12.1 Å². The third kappa shape index (κ3) is 3.48. The Kier molecular flexibility index (Phi) is 5.05. The van der Waals surface area contributed by atoms with Crippen molar-refractivity contribution in [2.24, 2.45) is 13.0 Å². The van der Waals surface area contributed by atoms with Gasteiger partial charge < -0.3 is 15.4 Å². The first-order valence-corrected chi connectivity index (χ1v) is 9.49. The second kappa shape index (κ2) is 7.50. The zero-order chi connectivity index (χ0) is 19.8. The molecule has 9 nitrogen and oxygen atoms in total. The van der Waals surface area contributed by atoms with Gasteiger partial charge in [-0.1, -0.05) is 17.7 Å². The summed E-state index contributed by atoms with van der Waals surface area (Å²) >= 11 is 6.26. The Morgan fingerprint density at radius 2 is 2.11 bits per heavy atom. The van der Waals surface area contributed by atoms with Crippen LogP contribution >= 0.6 is 11.6 Å². The maximum absolute atomic E-state index is 12.7. The predicted octanol–water partition coefficient (Wildman–Crippen LogP) is 1.21. The molecule has 150 valence electrons. The molecular formula is C18H24ClN7O2. The summed E-state index contributed by atoms with van der Waals surface area (Å²) in [6.07, 6.45) is 2.26. The summed E-state index contributed by atoms with van der Waals surface area (Å²) < 4.78 is 7.19. The third-order valence-electron chi connectivity index (χ3n) is 5.16. The largest absolute Gasteiger partial charge is 0.493 e. The molecule has 10 heteroatoms. The van der Waals surface area contributed by atoms with E-state index in [4.69, 9.17) is 16.3 Å². The Labute approximate surface area is 168 Å². The molecule has 4 atom stereocenters. The Bertz CT molecular complexity index is 873. The fourth-order valence-corrected chi connectivity index (χ4v) is 4.15. The molecule has 1 amide bonds. The minimum Gasteiger partial charge on any atom is -0.493 e. The van der Waals surface area contributed by atoms with Crippen molar-refractivity contribution in [1.29, 1.82) is 0 Å². The normalized spacial score (nSPS) is 26.9. The van der Waals surface area contributed by atoms with Crippen molar-refractivity contribution in [2.45, 2.75) is 24.8 Å². The Morgan fingerprint density at radius 1 is 1.29 bits per heavy atom. The van der Waals surface area contributed by atoms with Gasteiger partial charge >= 0.3 is 0 Å². The minimum absolute atomic E-state index is 0.0345. The highest BCUT2D eigenvalue weighted by Gasteiger charge is 2.48. The molecule has 2 aliphatic rings. The van der Waals surface area contributed by atoms with Crippen LogP contribution in [-0.4, -0.2) is 53.2 Å². The quantitative estimate of drug-likeness (QED) is 0.594. The van der Waals surface area contributed by atoms with Crippen molar-refractivity contribution in [1.82, 2.24) is 25.5 Å². The second-order valence-corrected chi connectivity index (χ2v) is 7.48. The van der Waals surface area contributed by atoms with Crippen molar-refractivity contribution in [2.75, 3.05) is 24.8 Å². The number of benzene rings is 1. The van der Waals surface area contributed by atoms with Gasteiger partial charge in [-0.25, -0.2) is 5.43 Å². The van der Waals surface area contributed by atoms with Crippen molar-refractivity contribution in [3.05, 3.63) is 35.5 Å². The fraction of sp³-hybridized carbons (Fsp3) is 0.444. The van der Waals surface area contributed by atoms with Gasteiger partial charge in [0.05, 0.1) is 36.1 Å². The molecule has 3 heterocycles. The number of carbonyl (C=O) groups excluding carboxylic acids is 1. The number of rotatable bonds is 5. The number of anilines is 2. The number of hydrogen-bond acceptors (Lipinski definition) is 7. The number of fused-ring (bicyclic) bond motifs is 1. The summed E-state index contributed by atoms with van der Waals surface area (Å²) in [4.78, 5) is 12.7. The number of amides is 1. The van der Waals surface area contributed by atoms with E-state index in [1.54, 1.807) is 24.9 Å². The van der Waals surface area contributed by atoms with E-state index >= 15 is 0 Å². The Morgan fingerprint density at radius 3 is 2.82 bits per heavy atom. The first-order valence-electron chi connectivity index (χ1n) is 9.11. The average Bonchev–Trinajstić information content (AvgIpc) is 3.18. The molecule has 1 aromatic heterocycles. The SMILES string of the molecule is COc1c(Cl)cccc1NC1CC(Nc2ccn(C)n2)NC2NN(C)C(=O)C12. The number of halogens is 1. The monoisotopic (exact) mass is 405 g/mol. The number of nitrogens with one attached hydrogen (secondary N) is 4. The van der Waals surface area contributed by atoms with E-state index in [1.165, 1.54) is 5.01 Å². The van der Waals surface area contributed by atoms with Gasteiger partial charge in [0.15, 0.2) is 5.75 Å². The zero-order valence-electron chi connectivity index (χ0n) is 15.9. The van der Waals surface area contributed by atoms with Crippen molar-refractivity contribution in [3.8, 4) is 5.75 Å². The van der Waals surface area contributed by atoms with Gasteiger partial charge in [0.2, 0.25) is 5.91 Å². The number of hydrogen-bond donors (Lipinski definition) is 4. The standard InChI is InChI=1S/C18H24ClN7O2/c1-25-8-7-13(23-25)21-14-9-12(15-17(22-14)24-26(2)18(15)27)20-11-6-4-5-10(19)16(11)28-3/h4-8,12,14-15,17,20,22,24H,9H2,1-3H3,(H,21,23). The molecule has 0 bridgehead atoms. The summed E-state index contributed by atoms with van der Waals surface area (Å²) in [7, 11) is 5.19. The van der Waals surface area contributed by atoms with Crippen LogP contribution < -0.4 is 26.1 Å². The number of aryl methyl sites for hydroxylation is 1.